The van der Waals surface area contributed by atoms with E-state index in [1.165, 1.54) is 12.2 Å². The van der Waals surface area contributed by atoms with Crippen LogP contribution in [-0.2, 0) is 9.59 Å². The molecule has 2 N–H and O–H groups in total. The molecule has 0 bridgehead atoms. The summed E-state index contributed by atoms with van der Waals surface area (Å²) >= 11 is 0. The highest BCUT2D eigenvalue weighted by Gasteiger charge is 2.34. The number of hydroxylamine groups is 2. The minimum Gasteiger partial charge on any atom is -0.400 e. The van der Waals surface area contributed by atoms with Crippen LogP contribution >= 0.6 is 0 Å². The minimum absolute atomic E-state index is 0.0496. The van der Waals surface area contributed by atoms with E-state index in [2.05, 4.69) is 13.2 Å². The first-order valence-corrected chi connectivity index (χ1v) is 3.65. The van der Waals surface area contributed by atoms with Crippen molar-refractivity contribution in [1.29, 1.82) is 0 Å². The van der Waals surface area contributed by atoms with E-state index in [9.17, 15) is 9.59 Å². The Morgan fingerprint density at radius 3 is 1.57 bits per heavy atom. The van der Waals surface area contributed by atoms with Crippen LogP contribution < -0.4 is 0 Å². The Morgan fingerprint density at radius 1 is 1.07 bits per heavy atom. The molecule has 1 aliphatic rings. The SMILES string of the molecule is C=CC1=C(C=C)C(=O)N(O)C1=O.CO. The van der Waals surface area contributed by atoms with Gasteiger partial charge in [0.05, 0.1) is 11.1 Å². The number of hydrogen-bond donors (Lipinski definition) is 2. The summed E-state index contributed by atoms with van der Waals surface area (Å²) in [5.74, 6) is -1.52. The van der Waals surface area contributed by atoms with E-state index in [1.54, 1.807) is 0 Å². The van der Waals surface area contributed by atoms with Gasteiger partial charge in [-0.25, -0.2) is 0 Å². The second kappa shape index (κ2) is 5.11. The fourth-order valence-corrected chi connectivity index (χ4v) is 0.945. The molecule has 76 valence electrons. The van der Waals surface area contributed by atoms with Crippen molar-refractivity contribution in [2.75, 3.05) is 7.11 Å². The third-order valence-corrected chi connectivity index (χ3v) is 1.54. The molecule has 5 heteroatoms. The van der Waals surface area contributed by atoms with E-state index in [0.29, 0.717) is 0 Å². The van der Waals surface area contributed by atoms with Gasteiger partial charge in [-0.2, -0.15) is 0 Å². The predicted molar refractivity (Wildman–Crippen MR) is 49.2 cm³/mol. The van der Waals surface area contributed by atoms with Crippen LogP contribution in [0.2, 0.25) is 0 Å². The lowest BCUT2D eigenvalue weighted by atomic mass is 10.1. The number of imide groups is 1. The van der Waals surface area contributed by atoms with Gasteiger partial charge in [0.2, 0.25) is 0 Å². The van der Waals surface area contributed by atoms with Crippen molar-refractivity contribution in [2.45, 2.75) is 0 Å². The van der Waals surface area contributed by atoms with Crippen molar-refractivity contribution in [3.05, 3.63) is 36.5 Å². The highest BCUT2D eigenvalue weighted by Crippen LogP contribution is 2.19. The molecule has 1 rings (SSSR count). The number of rotatable bonds is 2. The number of hydrogen-bond acceptors (Lipinski definition) is 4. The molecule has 0 aromatic heterocycles. The summed E-state index contributed by atoms with van der Waals surface area (Å²) in [6, 6.07) is 0. The lowest BCUT2D eigenvalue weighted by Crippen LogP contribution is -2.27. The molecule has 0 aromatic carbocycles. The quantitative estimate of drug-likeness (QED) is 0.483. The van der Waals surface area contributed by atoms with Crippen molar-refractivity contribution in [1.82, 2.24) is 5.06 Å². The summed E-state index contributed by atoms with van der Waals surface area (Å²) in [5, 5.41) is 15.9. The third kappa shape index (κ3) is 1.78. The molecule has 0 saturated heterocycles. The van der Waals surface area contributed by atoms with Gasteiger partial charge < -0.3 is 5.11 Å². The molecular formula is C9H11NO4. The molecular weight excluding hydrogens is 186 g/mol. The number of aliphatic hydroxyl groups is 1. The van der Waals surface area contributed by atoms with Gasteiger partial charge in [-0.05, 0) is 0 Å². The van der Waals surface area contributed by atoms with E-state index in [4.69, 9.17) is 10.3 Å². The molecule has 1 heterocycles. The molecule has 1 aliphatic heterocycles. The van der Waals surface area contributed by atoms with Gasteiger partial charge >= 0.3 is 0 Å². The highest BCUT2D eigenvalue weighted by atomic mass is 16.5. The van der Waals surface area contributed by atoms with Gasteiger partial charge in [-0.3, -0.25) is 14.8 Å². The Kier molecular flexibility index (Phi) is 4.48. The zero-order valence-corrected chi connectivity index (χ0v) is 7.73. The maximum atomic E-state index is 11.0. The Bertz CT molecular complexity index is 287. The summed E-state index contributed by atoms with van der Waals surface area (Å²) in [6.07, 6.45) is 2.43. The predicted octanol–water partition coefficient (Wildman–Crippen LogP) is 0.0215. The van der Waals surface area contributed by atoms with Crippen LogP contribution in [0.25, 0.3) is 0 Å². The van der Waals surface area contributed by atoms with Crippen LogP contribution in [0, 0.1) is 0 Å². The van der Waals surface area contributed by atoms with Gasteiger partial charge in [-0.15, -0.1) is 5.06 Å². The molecule has 0 unspecified atom stereocenters. The van der Waals surface area contributed by atoms with E-state index in [-0.39, 0.29) is 16.2 Å². The third-order valence-electron chi connectivity index (χ3n) is 1.54. The summed E-state index contributed by atoms with van der Waals surface area (Å²) < 4.78 is 0. The van der Waals surface area contributed by atoms with Crippen molar-refractivity contribution >= 4 is 11.8 Å². The normalized spacial score (nSPS) is 15.2. The molecule has 0 aliphatic carbocycles. The molecule has 14 heavy (non-hydrogen) atoms. The van der Waals surface area contributed by atoms with Crippen LogP contribution in [0.15, 0.2) is 36.5 Å². The van der Waals surface area contributed by atoms with Crippen molar-refractivity contribution in [3.63, 3.8) is 0 Å². The number of carbonyl (C=O) groups excluding carboxylic acids is 2. The van der Waals surface area contributed by atoms with Crippen LogP contribution in [-0.4, -0.2) is 34.3 Å². The van der Waals surface area contributed by atoms with E-state index in [1.807, 2.05) is 0 Å². The zero-order valence-electron chi connectivity index (χ0n) is 7.73. The Balaban J connectivity index is 0.000000791. The van der Waals surface area contributed by atoms with E-state index < -0.39 is 11.8 Å². The molecule has 0 aromatic rings. The van der Waals surface area contributed by atoms with Crippen LogP contribution in [0.3, 0.4) is 0 Å². The second-order valence-electron chi connectivity index (χ2n) is 2.16. The fourth-order valence-electron chi connectivity index (χ4n) is 0.945. The highest BCUT2D eigenvalue weighted by molar-refractivity contribution is 6.20. The van der Waals surface area contributed by atoms with Gasteiger partial charge in [0, 0.05) is 7.11 Å². The lowest BCUT2D eigenvalue weighted by molar-refractivity contribution is -0.169. The smallest absolute Gasteiger partial charge is 0.285 e. The van der Waals surface area contributed by atoms with Crippen LogP contribution in [0.1, 0.15) is 0 Å². The summed E-state index contributed by atoms with van der Waals surface area (Å²) in [7, 11) is 1.00. The average Bonchev–Trinajstić information content (AvgIpc) is 2.44. The number of aliphatic hydroxyl groups excluding tert-OH is 1. The Labute approximate surface area is 81.2 Å². The number of nitrogens with zero attached hydrogens (tertiary/aromatic N) is 1. The summed E-state index contributed by atoms with van der Waals surface area (Å²) in [6.45, 7) is 6.69. The van der Waals surface area contributed by atoms with E-state index in [0.717, 1.165) is 7.11 Å². The first kappa shape index (κ1) is 12.3. The molecule has 0 fully saturated rings. The summed E-state index contributed by atoms with van der Waals surface area (Å²) in [4.78, 5) is 22.0. The number of amides is 2. The van der Waals surface area contributed by atoms with Gasteiger partial charge in [0.15, 0.2) is 0 Å². The zero-order chi connectivity index (χ0) is 11.3. The Morgan fingerprint density at radius 2 is 1.36 bits per heavy atom. The Hall–Kier alpha value is -1.72. The molecule has 0 spiro atoms. The molecule has 0 radical (unpaired) electrons. The first-order chi connectivity index (χ1) is 6.63. The van der Waals surface area contributed by atoms with Gasteiger partial charge in [0.1, 0.15) is 0 Å². The van der Waals surface area contributed by atoms with E-state index >= 15 is 0 Å². The first-order valence-electron chi connectivity index (χ1n) is 3.65. The fraction of sp³-hybridized carbons (Fsp3) is 0.111. The van der Waals surface area contributed by atoms with Crippen molar-refractivity contribution in [3.8, 4) is 0 Å². The van der Waals surface area contributed by atoms with Gasteiger partial charge in [0.25, 0.3) is 11.8 Å². The monoisotopic (exact) mass is 197 g/mol. The van der Waals surface area contributed by atoms with Crippen LogP contribution in [0.5, 0.6) is 0 Å². The van der Waals surface area contributed by atoms with Crippen molar-refractivity contribution in [2.24, 2.45) is 0 Å². The summed E-state index contributed by atoms with van der Waals surface area (Å²) in [5.41, 5.74) is 0.162. The van der Waals surface area contributed by atoms with Gasteiger partial charge in [-0.1, -0.05) is 25.3 Å². The maximum Gasteiger partial charge on any atom is 0.285 e. The molecule has 5 nitrogen and oxygen atoms in total. The molecule has 0 atom stereocenters. The maximum absolute atomic E-state index is 11.0. The standard InChI is InChI=1S/C8H7NO3.CH4O/c1-3-5-6(4-2)8(11)9(12)7(5)10;1-2/h3-4,12H,1-2H2;2H,1H3. The largest absolute Gasteiger partial charge is 0.400 e. The topological polar surface area (TPSA) is 77.8 Å². The lowest BCUT2D eigenvalue weighted by Gasteiger charge is -2.01. The second-order valence-corrected chi connectivity index (χ2v) is 2.16. The van der Waals surface area contributed by atoms with Crippen LogP contribution in [0.4, 0.5) is 0 Å². The average molecular weight is 197 g/mol. The minimum atomic E-state index is -0.759. The van der Waals surface area contributed by atoms with Crippen molar-refractivity contribution < 1.29 is 19.9 Å². The molecule has 0 saturated carbocycles. The molecule has 2 amide bonds. The number of carbonyl (C=O) groups is 2.